The maximum absolute atomic E-state index is 12.1. The number of aryl methyl sites for hydroxylation is 1. The lowest BCUT2D eigenvalue weighted by Crippen LogP contribution is -2.16. The topological polar surface area (TPSA) is 111 Å². The quantitative estimate of drug-likeness (QED) is 0.839. The van der Waals surface area contributed by atoms with Gasteiger partial charge >= 0.3 is 12.0 Å². The Morgan fingerprint density at radius 3 is 2.84 bits per heavy atom. The largest absolute Gasteiger partial charge is 0.464 e. The van der Waals surface area contributed by atoms with Crippen LogP contribution in [0.4, 0.5) is 6.01 Å². The monoisotopic (exact) mass is 303 g/mol. The molecule has 2 rings (SSSR count). The van der Waals surface area contributed by atoms with Gasteiger partial charge in [0.15, 0.2) is 9.90 Å². The van der Waals surface area contributed by atoms with E-state index in [-0.39, 0.29) is 15.9 Å². The molecule has 0 aliphatic rings. The Kier molecular flexibility index (Phi) is 3.53. The van der Waals surface area contributed by atoms with E-state index in [0.717, 1.165) is 18.4 Å². The molecule has 0 atom stereocenters. The Bertz CT molecular complexity index is 703. The molecule has 0 aliphatic carbocycles. The second-order valence-electron chi connectivity index (χ2n) is 3.38. The number of rotatable bonds is 4. The predicted octanol–water partition coefficient (Wildman–Crippen LogP) is 1.03. The van der Waals surface area contributed by atoms with Crippen molar-refractivity contribution in [3.63, 3.8) is 0 Å². The minimum absolute atomic E-state index is 0.179. The van der Waals surface area contributed by atoms with Crippen LogP contribution < -0.4 is 4.72 Å². The Hall–Kier alpha value is -1.94. The van der Waals surface area contributed by atoms with E-state index >= 15 is 0 Å². The molecule has 2 aromatic heterocycles. The third-order valence-electron chi connectivity index (χ3n) is 2.00. The summed E-state index contributed by atoms with van der Waals surface area (Å²) >= 11 is 0.794. The van der Waals surface area contributed by atoms with E-state index in [1.54, 1.807) is 6.92 Å². The molecule has 0 radical (unpaired) electrons. The molecule has 0 saturated heterocycles. The van der Waals surface area contributed by atoms with E-state index < -0.39 is 16.0 Å². The number of esters is 1. The van der Waals surface area contributed by atoms with Gasteiger partial charge in [0.25, 0.3) is 10.0 Å². The predicted molar refractivity (Wildman–Crippen MR) is 65.5 cm³/mol. The summed E-state index contributed by atoms with van der Waals surface area (Å²) in [4.78, 5) is 18.9. The van der Waals surface area contributed by atoms with Crippen molar-refractivity contribution >= 4 is 33.3 Å². The number of aromatic nitrogens is 2. The molecule has 0 amide bonds. The van der Waals surface area contributed by atoms with E-state index in [1.165, 1.54) is 11.8 Å². The third kappa shape index (κ3) is 2.74. The lowest BCUT2D eigenvalue weighted by molar-refractivity contribution is 0.0590. The van der Waals surface area contributed by atoms with Crippen LogP contribution in [0.3, 0.4) is 0 Å². The molecule has 10 heteroatoms. The summed E-state index contributed by atoms with van der Waals surface area (Å²) < 4.78 is 35.3. The highest BCUT2D eigenvalue weighted by Crippen LogP contribution is 2.23. The van der Waals surface area contributed by atoms with Crippen LogP contribution in [0.25, 0.3) is 0 Å². The van der Waals surface area contributed by atoms with Crippen molar-refractivity contribution in [2.75, 3.05) is 11.8 Å². The summed E-state index contributed by atoms with van der Waals surface area (Å²) in [6.07, 6.45) is 1.30. The normalized spacial score (nSPS) is 11.3. The standard InChI is InChI=1S/C9H9N3O5S2/c1-5-3-17-9(11-5)12-19(14,15)8-6(7(13)16-2)10-4-18-8/h3-4H,1-2H3,(H,11,12). The minimum Gasteiger partial charge on any atom is -0.464 e. The van der Waals surface area contributed by atoms with Gasteiger partial charge in [-0.2, -0.15) is 4.98 Å². The van der Waals surface area contributed by atoms with Crippen LogP contribution >= 0.6 is 11.3 Å². The summed E-state index contributed by atoms with van der Waals surface area (Å²) in [6.45, 7) is 1.65. The van der Waals surface area contributed by atoms with Crippen molar-refractivity contribution in [3.8, 4) is 0 Å². The molecule has 8 nitrogen and oxygen atoms in total. The number of nitrogens with one attached hydrogen (secondary N) is 1. The molecular formula is C9H9N3O5S2. The van der Waals surface area contributed by atoms with Crippen LogP contribution in [0.5, 0.6) is 0 Å². The van der Waals surface area contributed by atoms with Gasteiger partial charge < -0.3 is 9.15 Å². The zero-order valence-electron chi connectivity index (χ0n) is 9.91. The van der Waals surface area contributed by atoms with E-state index in [9.17, 15) is 13.2 Å². The number of carbonyl (C=O) groups is 1. The number of sulfonamides is 1. The van der Waals surface area contributed by atoms with Crippen molar-refractivity contribution in [1.82, 2.24) is 9.97 Å². The summed E-state index contributed by atoms with van der Waals surface area (Å²) in [5, 5.41) is 0. The second-order valence-corrected chi connectivity index (χ2v) is 6.11. The van der Waals surface area contributed by atoms with Crippen molar-refractivity contribution in [1.29, 1.82) is 0 Å². The van der Waals surface area contributed by atoms with Crippen molar-refractivity contribution in [2.24, 2.45) is 0 Å². The summed E-state index contributed by atoms with van der Waals surface area (Å²) in [7, 11) is -2.85. The Morgan fingerprint density at radius 2 is 2.26 bits per heavy atom. The maximum atomic E-state index is 12.1. The van der Waals surface area contributed by atoms with Crippen molar-refractivity contribution in [2.45, 2.75) is 11.1 Å². The first-order valence-electron chi connectivity index (χ1n) is 4.91. The number of carbonyl (C=O) groups excluding carboxylic acids is 1. The molecule has 102 valence electrons. The molecule has 0 spiro atoms. The summed E-state index contributed by atoms with van der Waals surface area (Å²) in [5.41, 5.74) is 1.49. The molecule has 0 bridgehead atoms. The second kappa shape index (κ2) is 4.97. The zero-order valence-corrected chi connectivity index (χ0v) is 11.5. The number of nitrogens with zero attached hydrogens (tertiary/aromatic N) is 2. The highest BCUT2D eigenvalue weighted by atomic mass is 32.2. The van der Waals surface area contributed by atoms with Gasteiger partial charge in [0.2, 0.25) is 0 Å². The lowest BCUT2D eigenvalue weighted by atomic mass is 10.5. The van der Waals surface area contributed by atoms with Gasteiger partial charge in [-0.3, -0.25) is 0 Å². The molecular weight excluding hydrogens is 294 g/mol. The summed E-state index contributed by atoms with van der Waals surface area (Å²) in [6, 6.07) is -0.179. The van der Waals surface area contributed by atoms with Gasteiger partial charge in [-0.25, -0.2) is 22.9 Å². The van der Waals surface area contributed by atoms with Crippen molar-refractivity contribution < 1.29 is 22.4 Å². The number of hydrogen-bond donors (Lipinski definition) is 1. The van der Waals surface area contributed by atoms with Gasteiger partial charge in [-0.15, -0.1) is 11.3 Å². The first-order valence-corrected chi connectivity index (χ1v) is 7.27. The summed E-state index contributed by atoms with van der Waals surface area (Å²) in [5.74, 6) is -0.829. The van der Waals surface area contributed by atoms with E-state index in [2.05, 4.69) is 19.4 Å². The fraction of sp³-hybridized carbons (Fsp3) is 0.222. The number of methoxy groups -OCH3 is 1. The molecule has 2 aromatic rings. The van der Waals surface area contributed by atoms with Crippen LogP contribution in [0.15, 0.2) is 20.4 Å². The van der Waals surface area contributed by atoms with Crippen LogP contribution in [0.2, 0.25) is 0 Å². The Morgan fingerprint density at radius 1 is 1.53 bits per heavy atom. The highest BCUT2D eigenvalue weighted by molar-refractivity contribution is 7.94. The average Bonchev–Trinajstić information content (AvgIpc) is 2.97. The molecule has 0 saturated carbocycles. The lowest BCUT2D eigenvalue weighted by Gasteiger charge is -2.03. The van der Waals surface area contributed by atoms with Gasteiger partial charge in [0, 0.05) is 0 Å². The number of anilines is 1. The molecule has 2 heterocycles. The molecule has 0 aromatic carbocycles. The SMILES string of the molecule is COC(=O)c1ncsc1S(=O)(=O)Nc1nc(C)co1. The van der Waals surface area contributed by atoms with Crippen LogP contribution in [-0.2, 0) is 14.8 Å². The smallest absolute Gasteiger partial charge is 0.358 e. The van der Waals surface area contributed by atoms with Crippen molar-refractivity contribution in [3.05, 3.63) is 23.2 Å². The van der Waals surface area contributed by atoms with E-state index in [4.69, 9.17) is 4.42 Å². The number of thiazole rings is 1. The van der Waals surface area contributed by atoms with Gasteiger partial charge in [0.1, 0.15) is 6.26 Å². The minimum atomic E-state index is -3.99. The Labute approximate surface area is 112 Å². The highest BCUT2D eigenvalue weighted by Gasteiger charge is 2.27. The fourth-order valence-electron chi connectivity index (χ4n) is 1.22. The van der Waals surface area contributed by atoms with Crippen LogP contribution in [-0.4, -0.2) is 31.5 Å². The van der Waals surface area contributed by atoms with Gasteiger partial charge in [-0.05, 0) is 6.92 Å². The Balaban J connectivity index is 2.35. The van der Waals surface area contributed by atoms with Crippen LogP contribution in [0.1, 0.15) is 16.2 Å². The molecule has 1 N–H and O–H groups in total. The molecule has 19 heavy (non-hydrogen) atoms. The molecule has 0 unspecified atom stereocenters. The third-order valence-corrected chi connectivity index (χ3v) is 4.69. The van der Waals surface area contributed by atoms with Gasteiger partial charge in [-0.1, -0.05) is 0 Å². The van der Waals surface area contributed by atoms with E-state index in [1.807, 2.05) is 0 Å². The zero-order chi connectivity index (χ0) is 14.0. The number of hydrogen-bond acceptors (Lipinski definition) is 8. The van der Waals surface area contributed by atoms with Crippen LogP contribution in [0, 0.1) is 6.92 Å². The van der Waals surface area contributed by atoms with E-state index in [0.29, 0.717) is 5.69 Å². The molecule has 0 fully saturated rings. The average molecular weight is 303 g/mol. The first-order chi connectivity index (χ1) is 8.94. The number of oxazole rings is 1. The molecule has 0 aliphatic heterocycles. The first kappa shape index (κ1) is 13.5. The fourth-order valence-corrected chi connectivity index (χ4v) is 3.29. The maximum Gasteiger partial charge on any atom is 0.358 e. The van der Waals surface area contributed by atoms with Gasteiger partial charge in [0.05, 0.1) is 18.3 Å². The number of ether oxygens (including phenoxy) is 1.